The largest absolute Gasteiger partial charge is 0.494 e. The van der Waals surface area contributed by atoms with Crippen molar-refractivity contribution in [2.24, 2.45) is 5.10 Å². The molecule has 0 amide bonds. The van der Waals surface area contributed by atoms with E-state index in [1.54, 1.807) is 0 Å². The van der Waals surface area contributed by atoms with Crippen LogP contribution in [0.4, 0.5) is 0 Å². The Labute approximate surface area is 159 Å². The van der Waals surface area contributed by atoms with Gasteiger partial charge >= 0.3 is 0 Å². The summed E-state index contributed by atoms with van der Waals surface area (Å²) in [5.41, 5.74) is 8.92. The Hall–Kier alpha value is -2.46. The van der Waals surface area contributed by atoms with Crippen molar-refractivity contribution in [1.29, 1.82) is 0 Å². The maximum atomic E-state index is 6.56. The van der Waals surface area contributed by atoms with Crippen LogP contribution in [0.15, 0.2) is 75.7 Å². The van der Waals surface area contributed by atoms with E-state index in [9.17, 15) is 0 Å². The van der Waals surface area contributed by atoms with Gasteiger partial charge in [0.25, 0.3) is 0 Å². The quantitative estimate of drug-likeness (QED) is 0.793. The van der Waals surface area contributed by atoms with Gasteiger partial charge < -0.3 is 15.5 Å². The lowest BCUT2D eigenvalue weighted by Gasteiger charge is -2.28. The number of benzene rings is 1. The van der Waals surface area contributed by atoms with Gasteiger partial charge in [-0.05, 0) is 43.2 Å². The average molecular weight is 368 g/mol. The van der Waals surface area contributed by atoms with Crippen molar-refractivity contribution in [2.75, 3.05) is 6.61 Å². The third-order valence-electron chi connectivity index (χ3n) is 4.81. The molecule has 0 radical (unpaired) electrons. The fourth-order valence-electron chi connectivity index (χ4n) is 3.39. The third kappa shape index (κ3) is 3.29. The highest BCUT2D eigenvalue weighted by molar-refractivity contribution is 6.30. The Morgan fingerprint density at radius 1 is 1.23 bits per heavy atom. The number of hydrazone groups is 1. The van der Waals surface area contributed by atoms with Gasteiger partial charge in [0.05, 0.1) is 24.4 Å². The lowest BCUT2D eigenvalue weighted by Crippen LogP contribution is -2.35. The molecule has 1 aromatic carbocycles. The fourth-order valence-corrected chi connectivity index (χ4v) is 3.69. The van der Waals surface area contributed by atoms with Crippen molar-refractivity contribution in [2.45, 2.75) is 32.4 Å². The standard InChI is InChI=1S/C21H22ClN3O/c1-3-26-16-9-8-15-10-17(21(22)23-18(15)11-16)20-12-19(24-25-20)14-6-4-13(2)5-7-14/h4-11,18,20,23,25H,3,12H2,1-2H3. The summed E-state index contributed by atoms with van der Waals surface area (Å²) < 4.78 is 5.58. The minimum absolute atomic E-state index is 0.0525. The first-order valence-corrected chi connectivity index (χ1v) is 9.31. The number of nitrogens with one attached hydrogen (secondary N) is 2. The summed E-state index contributed by atoms with van der Waals surface area (Å²) >= 11 is 6.56. The van der Waals surface area contributed by atoms with Crippen LogP contribution in [0.1, 0.15) is 24.5 Å². The Morgan fingerprint density at radius 2 is 2.04 bits per heavy atom. The van der Waals surface area contributed by atoms with Crippen LogP contribution in [0.5, 0.6) is 0 Å². The van der Waals surface area contributed by atoms with Gasteiger partial charge in [0.2, 0.25) is 0 Å². The molecule has 1 aromatic rings. The van der Waals surface area contributed by atoms with E-state index < -0.39 is 0 Å². The van der Waals surface area contributed by atoms with E-state index >= 15 is 0 Å². The smallest absolute Gasteiger partial charge is 0.117 e. The van der Waals surface area contributed by atoms with Crippen LogP contribution >= 0.6 is 11.6 Å². The number of rotatable bonds is 4. The summed E-state index contributed by atoms with van der Waals surface area (Å²) in [4.78, 5) is 0. The molecule has 1 aliphatic carbocycles. The normalized spacial score (nSPS) is 24.2. The molecule has 0 saturated heterocycles. The topological polar surface area (TPSA) is 45.6 Å². The molecule has 0 fully saturated rings. The summed E-state index contributed by atoms with van der Waals surface area (Å²) in [6, 6.07) is 8.59. The summed E-state index contributed by atoms with van der Waals surface area (Å²) in [6.07, 6.45) is 9.12. The number of dihydropyridines is 1. The van der Waals surface area contributed by atoms with E-state index in [1.165, 1.54) is 11.1 Å². The predicted molar refractivity (Wildman–Crippen MR) is 106 cm³/mol. The van der Waals surface area contributed by atoms with E-state index in [0.717, 1.165) is 29.0 Å². The van der Waals surface area contributed by atoms with E-state index in [2.05, 4.69) is 65.3 Å². The van der Waals surface area contributed by atoms with Crippen molar-refractivity contribution in [3.63, 3.8) is 0 Å². The van der Waals surface area contributed by atoms with E-state index in [0.29, 0.717) is 11.8 Å². The summed E-state index contributed by atoms with van der Waals surface area (Å²) in [7, 11) is 0. The molecule has 134 valence electrons. The molecule has 5 heteroatoms. The van der Waals surface area contributed by atoms with E-state index in [1.807, 2.05) is 13.0 Å². The second-order valence-electron chi connectivity index (χ2n) is 6.68. The zero-order valence-corrected chi connectivity index (χ0v) is 15.7. The van der Waals surface area contributed by atoms with E-state index in [4.69, 9.17) is 16.3 Å². The van der Waals surface area contributed by atoms with Crippen LogP contribution in [0, 0.1) is 6.92 Å². The Morgan fingerprint density at radius 3 is 2.81 bits per heavy atom. The second kappa shape index (κ2) is 7.04. The molecule has 26 heavy (non-hydrogen) atoms. The van der Waals surface area contributed by atoms with Crippen LogP contribution in [-0.2, 0) is 4.74 Å². The number of hydrogen-bond acceptors (Lipinski definition) is 4. The molecule has 2 aliphatic heterocycles. The number of aryl methyl sites for hydroxylation is 1. The Kier molecular flexibility index (Phi) is 4.60. The molecule has 0 spiro atoms. The second-order valence-corrected chi connectivity index (χ2v) is 7.06. The summed E-state index contributed by atoms with van der Waals surface area (Å²) in [6.45, 7) is 4.73. The van der Waals surface area contributed by atoms with Crippen LogP contribution in [0.3, 0.4) is 0 Å². The molecule has 4 rings (SSSR count). The SMILES string of the molecule is CCOC1=CC2NC(Cl)=C(C3CC(c4ccc(C)cc4)=NN3)C=C2C=C1. The molecule has 0 bridgehead atoms. The van der Waals surface area contributed by atoms with Crippen LogP contribution in [0.2, 0.25) is 0 Å². The van der Waals surface area contributed by atoms with Crippen LogP contribution in [0.25, 0.3) is 0 Å². The summed E-state index contributed by atoms with van der Waals surface area (Å²) in [5.74, 6) is 0.874. The van der Waals surface area contributed by atoms with Crippen molar-refractivity contribution in [3.05, 3.63) is 81.8 Å². The maximum absolute atomic E-state index is 6.56. The van der Waals surface area contributed by atoms with Crippen molar-refractivity contribution in [1.82, 2.24) is 10.7 Å². The lowest BCUT2D eigenvalue weighted by atomic mass is 9.91. The van der Waals surface area contributed by atoms with Crippen LogP contribution < -0.4 is 10.7 Å². The minimum Gasteiger partial charge on any atom is -0.494 e. The molecular formula is C21H22ClN3O. The summed E-state index contributed by atoms with van der Waals surface area (Å²) in [5, 5.41) is 8.57. The average Bonchev–Trinajstić information content (AvgIpc) is 3.12. The molecule has 0 saturated carbocycles. The molecule has 2 atom stereocenters. The van der Waals surface area contributed by atoms with Gasteiger partial charge in [-0.1, -0.05) is 47.5 Å². The first-order chi connectivity index (χ1) is 12.6. The number of hydrogen-bond donors (Lipinski definition) is 2. The number of allylic oxidation sites excluding steroid dienone is 1. The van der Waals surface area contributed by atoms with E-state index in [-0.39, 0.29) is 12.1 Å². The van der Waals surface area contributed by atoms with Gasteiger partial charge in [-0.25, -0.2) is 0 Å². The molecule has 2 N–H and O–H groups in total. The highest BCUT2D eigenvalue weighted by atomic mass is 35.5. The number of fused-ring (bicyclic) bond motifs is 1. The van der Waals surface area contributed by atoms with Crippen molar-refractivity contribution in [3.8, 4) is 0 Å². The molecule has 2 unspecified atom stereocenters. The highest BCUT2D eigenvalue weighted by Crippen LogP contribution is 2.30. The fraction of sp³-hybridized carbons (Fsp3) is 0.286. The predicted octanol–water partition coefficient (Wildman–Crippen LogP) is 3.90. The van der Waals surface area contributed by atoms with Crippen molar-refractivity contribution >= 4 is 17.3 Å². The number of nitrogens with zero attached hydrogens (tertiary/aromatic N) is 1. The van der Waals surface area contributed by atoms with Gasteiger partial charge in [0, 0.05) is 12.0 Å². The number of ether oxygens (including phenoxy) is 1. The molecular weight excluding hydrogens is 346 g/mol. The van der Waals surface area contributed by atoms with Gasteiger partial charge in [0.15, 0.2) is 0 Å². The number of halogens is 1. The van der Waals surface area contributed by atoms with Gasteiger partial charge in [0.1, 0.15) is 10.9 Å². The third-order valence-corrected chi connectivity index (χ3v) is 5.14. The first-order valence-electron chi connectivity index (χ1n) is 8.93. The van der Waals surface area contributed by atoms with Gasteiger partial charge in [-0.2, -0.15) is 5.10 Å². The molecule has 3 aliphatic rings. The van der Waals surface area contributed by atoms with Gasteiger partial charge in [-0.15, -0.1) is 0 Å². The Balaban J connectivity index is 1.50. The zero-order valence-electron chi connectivity index (χ0n) is 14.9. The zero-order chi connectivity index (χ0) is 18.1. The molecule has 4 nitrogen and oxygen atoms in total. The maximum Gasteiger partial charge on any atom is 0.117 e. The van der Waals surface area contributed by atoms with Gasteiger partial charge in [-0.3, -0.25) is 0 Å². The van der Waals surface area contributed by atoms with Crippen molar-refractivity contribution < 1.29 is 4.74 Å². The highest BCUT2D eigenvalue weighted by Gasteiger charge is 2.29. The van der Waals surface area contributed by atoms with Crippen LogP contribution in [-0.4, -0.2) is 24.4 Å². The molecule has 2 heterocycles. The monoisotopic (exact) mass is 367 g/mol. The lowest BCUT2D eigenvalue weighted by molar-refractivity contribution is 0.240. The Bertz CT molecular complexity index is 862. The first kappa shape index (κ1) is 17.0. The molecule has 0 aromatic heterocycles. The minimum atomic E-state index is 0.0525.